The van der Waals surface area contributed by atoms with Crippen LogP contribution in [-0.4, -0.2) is 69.7 Å². The molecule has 42 heavy (non-hydrogen) atoms. The molecule has 0 spiro atoms. The van der Waals surface area contributed by atoms with Crippen molar-refractivity contribution in [2.75, 3.05) is 44.7 Å². The Balaban J connectivity index is 1.09. The molecule has 2 aromatic rings. The number of aromatic nitrogens is 2. The van der Waals surface area contributed by atoms with Gasteiger partial charge in [-0.05, 0) is 55.6 Å². The SMILES string of the molecule is CN=C(C)C1=C(N)CCN(C(=O)Cc2ccc(OCC[C@]3(I)C[C@]3(C)C3CCN(c4ncc(Cl)cn4)CC3)cc2F)C1. The fourth-order valence-electron chi connectivity index (χ4n) is 6.45. The average molecular weight is 709 g/mol. The van der Waals surface area contributed by atoms with Gasteiger partial charge in [0.1, 0.15) is 11.6 Å². The van der Waals surface area contributed by atoms with Crippen molar-refractivity contribution < 1.29 is 13.9 Å². The molecule has 1 aromatic heterocycles. The summed E-state index contributed by atoms with van der Waals surface area (Å²) in [4.78, 5) is 29.9. The average Bonchev–Trinajstić information content (AvgIpc) is 3.55. The van der Waals surface area contributed by atoms with Crippen LogP contribution in [-0.2, 0) is 11.2 Å². The van der Waals surface area contributed by atoms with Crippen molar-refractivity contribution in [1.82, 2.24) is 14.9 Å². The Morgan fingerprint density at radius 2 is 1.98 bits per heavy atom. The summed E-state index contributed by atoms with van der Waals surface area (Å²) in [6.45, 7) is 7.63. The number of anilines is 1. The predicted molar refractivity (Wildman–Crippen MR) is 173 cm³/mol. The van der Waals surface area contributed by atoms with Crippen LogP contribution in [0.5, 0.6) is 5.75 Å². The van der Waals surface area contributed by atoms with E-state index >= 15 is 0 Å². The van der Waals surface area contributed by atoms with Crippen molar-refractivity contribution in [1.29, 1.82) is 0 Å². The molecule has 0 radical (unpaired) electrons. The van der Waals surface area contributed by atoms with E-state index in [9.17, 15) is 9.18 Å². The number of hydrogen-bond donors (Lipinski definition) is 1. The molecule has 226 valence electrons. The number of alkyl halides is 1. The van der Waals surface area contributed by atoms with Gasteiger partial charge in [0.2, 0.25) is 11.9 Å². The first-order valence-corrected chi connectivity index (χ1v) is 16.0. The van der Waals surface area contributed by atoms with Gasteiger partial charge in [-0.3, -0.25) is 9.79 Å². The van der Waals surface area contributed by atoms with E-state index < -0.39 is 5.82 Å². The normalized spacial score (nSPS) is 25.1. The summed E-state index contributed by atoms with van der Waals surface area (Å²) in [6.07, 6.45) is 8.16. The van der Waals surface area contributed by atoms with Crippen LogP contribution in [0.15, 0.2) is 46.9 Å². The zero-order valence-electron chi connectivity index (χ0n) is 24.5. The second-order valence-corrected chi connectivity index (χ2v) is 14.4. The lowest BCUT2D eigenvalue weighted by atomic mass is 9.81. The largest absolute Gasteiger partial charge is 0.493 e. The zero-order chi connectivity index (χ0) is 30.1. The van der Waals surface area contributed by atoms with Crippen LogP contribution in [0.4, 0.5) is 10.3 Å². The Hall–Kier alpha value is -2.47. The van der Waals surface area contributed by atoms with Crippen LogP contribution in [0, 0.1) is 17.2 Å². The van der Waals surface area contributed by atoms with Crippen LogP contribution < -0.4 is 15.4 Å². The molecule has 8 nitrogen and oxygen atoms in total. The third kappa shape index (κ3) is 6.54. The summed E-state index contributed by atoms with van der Waals surface area (Å²) in [5, 5.41) is 0.550. The molecule has 11 heteroatoms. The number of benzene rings is 1. The summed E-state index contributed by atoms with van der Waals surface area (Å²) in [7, 11) is 1.71. The van der Waals surface area contributed by atoms with E-state index in [0.717, 1.165) is 61.7 Å². The van der Waals surface area contributed by atoms with E-state index in [1.165, 1.54) is 6.07 Å². The van der Waals surface area contributed by atoms with Crippen molar-refractivity contribution in [3.8, 4) is 5.75 Å². The summed E-state index contributed by atoms with van der Waals surface area (Å²) >= 11 is 8.56. The highest BCUT2D eigenvalue weighted by atomic mass is 127. The van der Waals surface area contributed by atoms with Crippen molar-refractivity contribution in [2.24, 2.45) is 22.1 Å². The molecule has 2 aliphatic heterocycles. The maximum atomic E-state index is 15.0. The van der Waals surface area contributed by atoms with Crippen molar-refractivity contribution in [2.45, 2.75) is 55.8 Å². The molecule has 2 fully saturated rings. The Kier molecular flexibility index (Phi) is 9.32. The quantitative estimate of drug-likeness (QED) is 0.207. The smallest absolute Gasteiger partial charge is 0.227 e. The van der Waals surface area contributed by atoms with E-state index in [-0.39, 0.29) is 21.2 Å². The van der Waals surface area contributed by atoms with Gasteiger partial charge < -0.3 is 20.3 Å². The van der Waals surface area contributed by atoms with Crippen LogP contribution in [0.3, 0.4) is 0 Å². The second-order valence-electron chi connectivity index (χ2n) is 11.9. The van der Waals surface area contributed by atoms with Crippen molar-refractivity contribution in [3.63, 3.8) is 0 Å². The molecule has 3 heterocycles. The number of halogens is 3. The van der Waals surface area contributed by atoms with Crippen LogP contribution in [0.2, 0.25) is 5.02 Å². The maximum Gasteiger partial charge on any atom is 0.227 e. The Morgan fingerprint density at radius 3 is 2.64 bits per heavy atom. The molecule has 1 aromatic carbocycles. The third-order valence-electron chi connectivity index (χ3n) is 9.48. The number of amides is 1. The molecule has 3 aliphatic rings. The van der Waals surface area contributed by atoms with Gasteiger partial charge in [-0.2, -0.15) is 0 Å². The van der Waals surface area contributed by atoms with Crippen molar-refractivity contribution in [3.05, 3.63) is 58.3 Å². The molecular weight excluding hydrogens is 670 g/mol. The Bertz CT molecular complexity index is 1380. The Morgan fingerprint density at radius 1 is 1.26 bits per heavy atom. The van der Waals surface area contributed by atoms with Crippen LogP contribution in [0.1, 0.15) is 51.5 Å². The number of aliphatic imine (C=N–C) groups is 1. The number of ether oxygens (including phenoxy) is 1. The lowest BCUT2D eigenvalue weighted by molar-refractivity contribution is -0.130. The predicted octanol–water partition coefficient (Wildman–Crippen LogP) is 5.62. The number of nitrogens with two attached hydrogens (primary N) is 1. The standard InChI is InChI=1S/C31H39ClFIN6O2/c1-20(36-3)25-18-40(12-8-27(25)35)28(41)14-21-4-5-24(15-26(21)33)42-13-9-31(34)19-30(31,2)22-6-10-39(11-7-22)29-37-16-23(32)17-38-29/h4-5,15-17,22H,6-14,18-19,35H2,1-3H3/t30-,31+/m1/s1. The molecule has 1 amide bonds. The molecule has 1 saturated heterocycles. The summed E-state index contributed by atoms with van der Waals surface area (Å²) < 4.78 is 21.2. The summed E-state index contributed by atoms with van der Waals surface area (Å²) in [5.41, 5.74) is 9.25. The molecule has 0 bridgehead atoms. The first-order valence-electron chi connectivity index (χ1n) is 14.5. The fraction of sp³-hybridized carbons (Fsp3) is 0.548. The molecular formula is C31H39ClFIN6O2. The number of piperidine rings is 1. The minimum absolute atomic E-state index is 0.000208. The van der Waals surface area contributed by atoms with E-state index in [4.69, 9.17) is 22.1 Å². The van der Waals surface area contributed by atoms with Gasteiger partial charge in [-0.15, -0.1) is 0 Å². The summed E-state index contributed by atoms with van der Waals surface area (Å²) in [5.74, 6) is 1.33. The molecule has 1 aliphatic carbocycles. The van der Waals surface area contributed by atoms with Gasteiger partial charge in [0.25, 0.3) is 0 Å². The topological polar surface area (TPSA) is 96.9 Å². The van der Waals surface area contributed by atoms with E-state index in [1.807, 2.05) is 6.92 Å². The van der Waals surface area contributed by atoms with Gasteiger partial charge in [0.15, 0.2) is 0 Å². The zero-order valence-corrected chi connectivity index (χ0v) is 27.4. The first-order chi connectivity index (χ1) is 20.0. The Labute approximate surface area is 266 Å². The van der Waals surface area contributed by atoms with Crippen molar-refractivity contribution >= 4 is 51.8 Å². The van der Waals surface area contributed by atoms with Crippen LogP contribution in [0.25, 0.3) is 0 Å². The monoisotopic (exact) mass is 708 g/mol. The minimum atomic E-state index is -0.420. The summed E-state index contributed by atoms with van der Waals surface area (Å²) in [6, 6.07) is 4.83. The number of hydrogen-bond acceptors (Lipinski definition) is 7. The number of nitrogens with zero attached hydrogens (tertiary/aromatic N) is 5. The van der Waals surface area contributed by atoms with Gasteiger partial charge in [-0.1, -0.05) is 47.2 Å². The molecule has 0 unspecified atom stereocenters. The minimum Gasteiger partial charge on any atom is -0.493 e. The van der Waals surface area contributed by atoms with E-state index in [2.05, 4.69) is 49.4 Å². The first kappa shape index (κ1) is 31.0. The van der Waals surface area contributed by atoms with Gasteiger partial charge in [0, 0.05) is 66.1 Å². The van der Waals surface area contributed by atoms with Crippen LogP contribution >= 0.6 is 34.2 Å². The van der Waals surface area contributed by atoms with Gasteiger partial charge in [-0.25, -0.2) is 14.4 Å². The van der Waals surface area contributed by atoms with Gasteiger partial charge in [0.05, 0.1) is 30.4 Å². The fourth-order valence-corrected chi connectivity index (χ4v) is 8.00. The highest BCUT2D eigenvalue weighted by Crippen LogP contribution is 2.69. The number of carbonyl (C=O) groups excluding carboxylic acids is 1. The molecule has 2 atom stereocenters. The van der Waals surface area contributed by atoms with E-state index in [0.29, 0.717) is 48.4 Å². The molecule has 1 saturated carbocycles. The number of rotatable bonds is 9. The highest BCUT2D eigenvalue weighted by molar-refractivity contribution is 14.1. The van der Waals surface area contributed by atoms with Gasteiger partial charge >= 0.3 is 0 Å². The molecule has 5 rings (SSSR count). The molecule has 2 N–H and O–H groups in total. The number of carbonyl (C=O) groups is 1. The highest BCUT2D eigenvalue weighted by Gasteiger charge is 2.65. The lowest BCUT2D eigenvalue weighted by Crippen LogP contribution is -2.40. The third-order valence-corrected chi connectivity index (χ3v) is 11.8. The maximum absolute atomic E-state index is 15.0. The van der Waals surface area contributed by atoms with E-state index in [1.54, 1.807) is 36.5 Å². The lowest BCUT2D eigenvalue weighted by Gasteiger charge is -2.36. The second kappa shape index (κ2) is 12.6.